The van der Waals surface area contributed by atoms with Gasteiger partial charge in [-0.15, -0.1) is 0 Å². The van der Waals surface area contributed by atoms with Gasteiger partial charge in [-0.1, -0.05) is 12.1 Å². The minimum Gasteiger partial charge on any atom is -0.497 e. The number of hydrogen-bond acceptors (Lipinski definition) is 5. The van der Waals surface area contributed by atoms with E-state index < -0.39 is 23.8 Å². The smallest absolute Gasteiger partial charge is 0.328 e. The fraction of sp³-hybridized carbons (Fsp3) is 0.250. The van der Waals surface area contributed by atoms with E-state index in [2.05, 4.69) is 10.6 Å². The van der Waals surface area contributed by atoms with Crippen LogP contribution in [0.4, 0.5) is 16.2 Å². The van der Waals surface area contributed by atoms with E-state index in [-0.39, 0.29) is 6.54 Å². The lowest BCUT2D eigenvalue weighted by atomic mass is 10.0. The number of nitrogens with zero attached hydrogens (tertiary/aromatic N) is 1. The first-order valence-corrected chi connectivity index (χ1v) is 8.66. The topological polar surface area (TPSA) is 97.0 Å². The largest absolute Gasteiger partial charge is 0.497 e. The first-order chi connectivity index (χ1) is 13.4. The second kappa shape index (κ2) is 7.99. The molecule has 28 heavy (non-hydrogen) atoms. The molecule has 8 nitrogen and oxygen atoms in total. The Morgan fingerprint density at radius 3 is 2.64 bits per heavy atom. The van der Waals surface area contributed by atoms with Crippen LogP contribution >= 0.6 is 0 Å². The summed E-state index contributed by atoms with van der Waals surface area (Å²) in [6, 6.07) is 11.3. The van der Waals surface area contributed by atoms with Crippen molar-refractivity contribution < 1.29 is 23.9 Å². The minimum absolute atomic E-state index is 0.0852. The van der Waals surface area contributed by atoms with E-state index in [0.717, 1.165) is 10.5 Å². The third-order valence-corrected chi connectivity index (χ3v) is 4.42. The van der Waals surface area contributed by atoms with E-state index in [4.69, 9.17) is 9.47 Å². The molecule has 1 aliphatic heterocycles. The zero-order valence-electron chi connectivity index (χ0n) is 15.8. The maximum Gasteiger partial charge on any atom is 0.328 e. The van der Waals surface area contributed by atoms with E-state index in [9.17, 15) is 14.4 Å². The predicted octanol–water partition coefficient (Wildman–Crippen LogP) is 2.32. The maximum atomic E-state index is 12.9. The Morgan fingerprint density at radius 2 is 1.93 bits per heavy atom. The SMILES string of the molecule is COc1cccc(N2C(=O)NCC(C(=O)Nc3cc(C)ccc3OC)C2=O)c1. The van der Waals surface area contributed by atoms with Crippen molar-refractivity contribution >= 4 is 29.2 Å². The summed E-state index contributed by atoms with van der Waals surface area (Å²) in [5, 5.41) is 5.31. The van der Waals surface area contributed by atoms with Crippen LogP contribution in [0.2, 0.25) is 0 Å². The van der Waals surface area contributed by atoms with Crippen LogP contribution in [0.1, 0.15) is 5.56 Å². The summed E-state index contributed by atoms with van der Waals surface area (Å²) >= 11 is 0. The molecule has 0 saturated carbocycles. The van der Waals surface area contributed by atoms with Gasteiger partial charge in [-0.25, -0.2) is 9.69 Å². The molecule has 146 valence electrons. The van der Waals surface area contributed by atoms with Crippen molar-refractivity contribution in [3.63, 3.8) is 0 Å². The summed E-state index contributed by atoms with van der Waals surface area (Å²) in [5.41, 5.74) is 1.72. The molecule has 0 bridgehead atoms. The van der Waals surface area contributed by atoms with Crippen molar-refractivity contribution in [2.75, 3.05) is 31.0 Å². The number of carbonyl (C=O) groups excluding carboxylic acids is 3. The molecule has 2 aromatic rings. The number of ether oxygens (including phenoxy) is 2. The highest BCUT2D eigenvalue weighted by Crippen LogP contribution is 2.28. The van der Waals surface area contributed by atoms with Gasteiger partial charge in [-0.05, 0) is 36.8 Å². The van der Waals surface area contributed by atoms with Crippen LogP contribution in [0.15, 0.2) is 42.5 Å². The Balaban J connectivity index is 1.84. The summed E-state index contributed by atoms with van der Waals surface area (Å²) in [4.78, 5) is 38.9. The molecule has 1 atom stereocenters. The van der Waals surface area contributed by atoms with Crippen molar-refractivity contribution in [1.82, 2.24) is 5.32 Å². The standard InChI is InChI=1S/C20H21N3O5/c1-12-7-8-17(28-3)16(9-12)22-18(24)15-11-21-20(26)23(19(15)25)13-5-4-6-14(10-13)27-2/h4-10,15H,11H2,1-3H3,(H,21,26)(H,22,24). The number of amides is 4. The molecule has 1 unspecified atom stereocenters. The summed E-state index contributed by atoms with van der Waals surface area (Å²) in [6.07, 6.45) is 0. The van der Waals surface area contributed by atoms with E-state index >= 15 is 0 Å². The fourth-order valence-corrected chi connectivity index (χ4v) is 2.95. The lowest BCUT2D eigenvalue weighted by Crippen LogP contribution is -2.58. The van der Waals surface area contributed by atoms with Gasteiger partial charge in [0.25, 0.3) is 0 Å². The third-order valence-electron chi connectivity index (χ3n) is 4.42. The highest BCUT2D eigenvalue weighted by atomic mass is 16.5. The van der Waals surface area contributed by atoms with Crippen LogP contribution in [0.3, 0.4) is 0 Å². The number of carbonyl (C=O) groups is 3. The van der Waals surface area contributed by atoms with Crippen molar-refractivity contribution in [2.24, 2.45) is 5.92 Å². The Kier molecular flexibility index (Phi) is 5.49. The monoisotopic (exact) mass is 383 g/mol. The van der Waals surface area contributed by atoms with Crippen LogP contribution in [0.25, 0.3) is 0 Å². The van der Waals surface area contributed by atoms with Crippen molar-refractivity contribution in [3.8, 4) is 11.5 Å². The molecule has 3 rings (SSSR count). The molecular weight excluding hydrogens is 362 g/mol. The maximum absolute atomic E-state index is 12.9. The Bertz CT molecular complexity index is 928. The average Bonchev–Trinajstić information content (AvgIpc) is 2.68. The highest BCUT2D eigenvalue weighted by Gasteiger charge is 2.39. The molecule has 0 aliphatic carbocycles. The van der Waals surface area contributed by atoms with Crippen molar-refractivity contribution in [1.29, 1.82) is 0 Å². The summed E-state index contributed by atoms with van der Waals surface area (Å²) in [5.74, 6) is -1.23. The molecule has 1 aliphatic rings. The van der Waals surface area contributed by atoms with E-state index in [1.165, 1.54) is 14.2 Å². The number of anilines is 2. The van der Waals surface area contributed by atoms with Crippen LogP contribution in [0.5, 0.6) is 11.5 Å². The lowest BCUT2D eigenvalue weighted by Gasteiger charge is -2.30. The van der Waals surface area contributed by atoms with E-state index in [1.807, 2.05) is 13.0 Å². The zero-order valence-corrected chi connectivity index (χ0v) is 15.8. The number of urea groups is 1. The number of methoxy groups -OCH3 is 2. The minimum atomic E-state index is -1.07. The molecule has 2 N–H and O–H groups in total. The van der Waals surface area contributed by atoms with Gasteiger partial charge >= 0.3 is 6.03 Å². The molecule has 0 radical (unpaired) electrons. The fourth-order valence-electron chi connectivity index (χ4n) is 2.95. The predicted molar refractivity (Wildman–Crippen MR) is 104 cm³/mol. The summed E-state index contributed by atoms with van der Waals surface area (Å²) in [7, 11) is 2.99. The van der Waals surface area contributed by atoms with Crippen LogP contribution in [0, 0.1) is 12.8 Å². The Labute approximate surface area is 162 Å². The molecule has 1 fully saturated rings. The van der Waals surface area contributed by atoms with Gasteiger partial charge in [0, 0.05) is 12.6 Å². The summed E-state index contributed by atoms with van der Waals surface area (Å²) < 4.78 is 10.4. The number of hydrogen-bond donors (Lipinski definition) is 2. The van der Waals surface area contributed by atoms with Gasteiger partial charge in [0.05, 0.1) is 25.6 Å². The number of nitrogens with one attached hydrogen (secondary N) is 2. The van der Waals surface area contributed by atoms with Gasteiger partial charge in [-0.2, -0.15) is 0 Å². The Morgan fingerprint density at radius 1 is 1.14 bits per heavy atom. The summed E-state index contributed by atoms with van der Waals surface area (Å²) in [6.45, 7) is 1.80. The van der Waals surface area contributed by atoms with Gasteiger partial charge in [0.15, 0.2) is 0 Å². The molecule has 4 amide bonds. The molecule has 2 aromatic carbocycles. The van der Waals surface area contributed by atoms with Gasteiger partial charge < -0.3 is 20.1 Å². The van der Waals surface area contributed by atoms with Gasteiger partial charge in [0.2, 0.25) is 11.8 Å². The normalized spacial score (nSPS) is 16.4. The number of aryl methyl sites for hydroxylation is 1. The molecular formula is C20H21N3O5. The van der Waals surface area contributed by atoms with Crippen LogP contribution in [-0.2, 0) is 9.59 Å². The van der Waals surface area contributed by atoms with Crippen LogP contribution < -0.4 is 25.0 Å². The van der Waals surface area contributed by atoms with E-state index in [0.29, 0.717) is 22.9 Å². The molecule has 0 spiro atoms. The third kappa shape index (κ3) is 3.75. The first-order valence-electron chi connectivity index (χ1n) is 8.66. The first kappa shape index (κ1) is 19.2. The van der Waals surface area contributed by atoms with Gasteiger partial charge in [0.1, 0.15) is 17.4 Å². The van der Waals surface area contributed by atoms with Gasteiger partial charge in [-0.3, -0.25) is 9.59 Å². The van der Waals surface area contributed by atoms with Crippen LogP contribution in [-0.4, -0.2) is 38.6 Å². The highest BCUT2D eigenvalue weighted by molar-refractivity contribution is 6.23. The second-order valence-corrected chi connectivity index (χ2v) is 6.31. The van der Waals surface area contributed by atoms with Crippen molar-refractivity contribution in [2.45, 2.75) is 6.92 Å². The Hall–Kier alpha value is -3.55. The quantitative estimate of drug-likeness (QED) is 0.773. The van der Waals surface area contributed by atoms with Crippen molar-refractivity contribution in [3.05, 3.63) is 48.0 Å². The average molecular weight is 383 g/mol. The lowest BCUT2D eigenvalue weighted by molar-refractivity contribution is -0.130. The molecule has 1 heterocycles. The molecule has 0 aromatic heterocycles. The number of rotatable bonds is 5. The molecule has 8 heteroatoms. The number of imide groups is 1. The van der Waals surface area contributed by atoms with E-state index in [1.54, 1.807) is 36.4 Å². The second-order valence-electron chi connectivity index (χ2n) is 6.31. The molecule has 1 saturated heterocycles. The number of benzene rings is 2. The zero-order chi connectivity index (χ0) is 20.3.